The first kappa shape index (κ1) is 17.0. The van der Waals surface area contributed by atoms with Crippen molar-refractivity contribution in [1.82, 2.24) is 4.90 Å². The number of amides is 2. The van der Waals surface area contributed by atoms with Gasteiger partial charge in [-0.15, -0.1) is 0 Å². The summed E-state index contributed by atoms with van der Waals surface area (Å²) in [5, 5.41) is 2.99. The molecule has 2 aliphatic heterocycles. The van der Waals surface area contributed by atoms with Gasteiger partial charge in [0.05, 0.1) is 6.54 Å². The van der Waals surface area contributed by atoms with E-state index in [2.05, 4.69) is 10.2 Å². The van der Waals surface area contributed by atoms with Crippen LogP contribution in [0.1, 0.15) is 44.9 Å². The molecule has 2 fully saturated rings. The maximum Gasteiger partial charge on any atom is 0.238 e. The topological polar surface area (TPSA) is 52.7 Å². The van der Waals surface area contributed by atoms with Gasteiger partial charge in [0, 0.05) is 24.3 Å². The summed E-state index contributed by atoms with van der Waals surface area (Å²) in [5.74, 6) is 0.194. The van der Waals surface area contributed by atoms with Crippen LogP contribution in [0.2, 0.25) is 0 Å². The highest BCUT2D eigenvalue weighted by Crippen LogP contribution is 2.24. The zero-order valence-corrected chi connectivity index (χ0v) is 14.3. The van der Waals surface area contributed by atoms with Gasteiger partial charge in [-0.1, -0.05) is 25.3 Å². The summed E-state index contributed by atoms with van der Waals surface area (Å²) < 4.78 is 0. The van der Waals surface area contributed by atoms with Crippen LogP contribution >= 0.6 is 0 Å². The smallest absolute Gasteiger partial charge is 0.238 e. The van der Waals surface area contributed by atoms with E-state index < -0.39 is 0 Å². The van der Waals surface area contributed by atoms with Gasteiger partial charge in [0.2, 0.25) is 11.8 Å². The van der Waals surface area contributed by atoms with Crippen molar-refractivity contribution < 1.29 is 9.59 Å². The van der Waals surface area contributed by atoms with Crippen molar-refractivity contribution in [3.05, 3.63) is 24.3 Å². The first-order valence-corrected chi connectivity index (χ1v) is 9.15. The third-order valence-corrected chi connectivity index (χ3v) is 4.83. The fraction of sp³-hybridized carbons (Fsp3) is 0.579. The SMILES string of the molecule is O=C(CN1CCCCCCC1)Nc1cccc(N2CCCC2=O)c1. The average Bonchev–Trinajstić information content (AvgIpc) is 2.96. The Kier molecular flexibility index (Phi) is 5.86. The molecule has 0 saturated carbocycles. The van der Waals surface area contributed by atoms with Gasteiger partial charge in [-0.25, -0.2) is 0 Å². The maximum absolute atomic E-state index is 12.3. The zero-order chi connectivity index (χ0) is 16.8. The largest absolute Gasteiger partial charge is 0.325 e. The molecule has 2 saturated heterocycles. The predicted molar refractivity (Wildman–Crippen MR) is 96.2 cm³/mol. The molecular weight excluding hydrogens is 302 g/mol. The molecule has 5 heteroatoms. The van der Waals surface area contributed by atoms with Crippen molar-refractivity contribution in [2.75, 3.05) is 36.4 Å². The lowest BCUT2D eigenvalue weighted by atomic mass is 10.1. The van der Waals surface area contributed by atoms with Crippen LogP contribution < -0.4 is 10.2 Å². The molecule has 2 heterocycles. The minimum absolute atomic E-state index is 0.0282. The number of nitrogens with one attached hydrogen (secondary N) is 1. The number of rotatable bonds is 4. The second-order valence-electron chi connectivity index (χ2n) is 6.79. The molecule has 0 unspecified atom stereocenters. The van der Waals surface area contributed by atoms with E-state index >= 15 is 0 Å². The highest BCUT2D eigenvalue weighted by atomic mass is 16.2. The summed E-state index contributed by atoms with van der Waals surface area (Å²) >= 11 is 0. The Morgan fingerprint density at radius 2 is 1.75 bits per heavy atom. The molecule has 1 aromatic rings. The molecule has 130 valence electrons. The van der Waals surface area contributed by atoms with E-state index in [0.29, 0.717) is 13.0 Å². The van der Waals surface area contributed by atoms with Gasteiger partial charge in [-0.05, 0) is 50.6 Å². The summed E-state index contributed by atoms with van der Waals surface area (Å²) in [6.45, 7) is 3.24. The maximum atomic E-state index is 12.3. The molecule has 0 aliphatic carbocycles. The van der Waals surface area contributed by atoms with Gasteiger partial charge in [0.1, 0.15) is 0 Å². The third-order valence-electron chi connectivity index (χ3n) is 4.83. The van der Waals surface area contributed by atoms with Crippen molar-refractivity contribution in [3.63, 3.8) is 0 Å². The Hall–Kier alpha value is -1.88. The lowest BCUT2D eigenvalue weighted by Gasteiger charge is -2.24. The number of hydrogen-bond donors (Lipinski definition) is 1. The highest BCUT2D eigenvalue weighted by molar-refractivity contribution is 5.97. The first-order valence-electron chi connectivity index (χ1n) is 9.15. The van der Waals surface area contributed by atoms with Crippen LogP contribution in [0.4, 0.5) is 11.4 Å². The van der Waals surface area contributed by atoms with Crippen LogP contribution in [-0.4, -0.2) is 42.9 Å². The van der Waals surface area contributed by atoms with Crippen molar-refractivity contribution in [2.45, 2.75) is 44.9 Å². The van der Waals surface area contributed by atoms with Gasteiger partial charge in [0.25, 0.3) is 0 Å². The molecule has 1 aromatic carbocycles. The van der Waals surface area contributed by atoms with Crippen LogP contribution in [0, 0.1) is 0 Å². The third kappa shape index (κ3) is 4.57. The molecule has 3 rings (SSSR count). The van der Waals surface area contributed by atoms with Crippen molar-refractivity contribution in [2.24, 2.45) is 0 Å². The van der Waals surface area contributed by atoms with Gasteiger partial charge >= 0.3 is 0 Å². The van der Waals surface area contributed by atoms with Crippen molar-refractivity contribution >= 4 is 23.2 Å². The molecule has 24 heavy (non-hydrogen) atoms. The van der Waals surface area contributed by atoms with Crippen LogP contribution in [0.15, 0.2) is 24.3 Å². The number of carbonyl (C=O) groups is 2. The van der Waals surface area contributed by atoms with E-state index in [9.17, 15) is 9.59 Å². The molecule has 2 aliphatic rings. The number of carbonyl (C=O) groups excluding carboxylic acids is 2. The summed E-state index contributed by atoms with van der Waals surface area (Å²) in [5.41, 5.74) is 1.64. The fourth-order valence-corrected chi connectivity index (χ4v) is 3.55. The lowest BCUT2D eigenvalue weighted by molar-refractivity contribution is -0.118. The van der Waals surface area contributed by atoms with E-state index in [1.807, 2.05) is 24.3 Å². The Morgan fingerprint density at radius 1 is 1.00 bits per heavy atom. The molecule has 0 atom stereocenters. The van der Waals surface area contributed by atoms with Crippen molar-refractivity contribution in [3.8, 4) is 0 Å². The molecule has 0 spiro atoms. The number of anilines is 2. The summed E-state index contributed by atoms with van der Waals surface area (Å²) in [6, 6.07) is 7.60. The normalized spacial score (nSPS) is 19.8. The Bertz CT molecular complexity index is 580. The molecule has 0 radical (unpaired) electrons. The summed E-state index contributed by atoms with van der Waals surface area (Å²) in [6.07, 6.45) is 7.74. The highest BCUT2D eigenvalue weighted by Gasteiger charge is 2.22. The molecule has 5 nitrogen and oxygen atoms in total. The first-order chi connectivity index (χ1) is 11.7. The lowest BCUT2D eigenvalue weighted by Crippen LogP contribution is -2.35. The molecular formula is C19H27N3O2. The van der Waals surface area contributed by atoms with Crippen molar-refractivity contribution in [1.29, 1.82) is 0 Å². The van der Waals surface area contributed by atoms with Gasteiger partial charge in [0.15, 0.2) is 0 Å². The fourth-order valence-electron chi connectivity index (χ4n) is 3.55. The quantitative estimate of drug-likeness (QED) is 0.924. The summed E-state index contributed by atoms with van der Waals surface area (Å²) in [4.78, 5) is 28.3. The van der Waals surface area contributed by atoms with Crippen LogP contribution in [0.5, 0.6) is 0 Å². The molecule has 1 N–H and O–H groups in total. The average molecular weight is 329 g/mol. The van der Waals surface area contributed by atoms with E-state index in [1.54, 1.807) is 4.90 Å². The second kappa shape index (κ2) is 8.29. The van der Waals surface area contributed by atoms with E-state index in [1.165, 1.54) is 32.1 Å². The minimum atomic E-state index is 0.0282. The number of nitrogens with zero attached hydrogens (tertiary/aromatic N) is 2. The Labute approximate surface area is 144 Å². The van der Waals surface area contributed by atoms with E-state index in [4.69, 9.17) is 0 Å². The molecule has 0 bridgehead atoms. The van der Waals surface area contributed by atoms with Gasteiger partial charge in [-0.3, -0.25) is 14.5 Å². The zero-order valence-electron chi connectivity index (χ0n) is 14.3. The van der Waals surface area contributed by atoms with Crippen LogP contribution in [-0.2, 0) is 9.59 Å². The number of likely N-dealkylation sites (tertiary alicyclic amines) is 1. The Balaban J connectivity index is 1.56. The van der Waals surface area contributed by atoms with Crippen LogP contribution in [0.25, 0.3) is 0 Å². The number of hydrogen-bond acceptors (Lipinski definition) is 3. The Morgan fingerprint density at radius 3 is 2.46 bits per heavy atom. The predicted octanol–water partition coefficient (Wildman–Crippen LogP) is 3.02. The second-order valence-corrected chi connectivity index (χ2v) is 6.79. The van der Waals surface area contributed by atoms with Crippen LogP contribution in [0.3, 0.4) is 0 Å². The van der Waals surface area contributed by atoms with Gasteiger partial charge in [-0.2, -0.15) is 0 Å². The summed E-state index contributed by atoms with van der Waals surface area (Å²) in [7, 11) is 0. The molecule has 0 aromatic heterocycles. The van der Waals surface area contributed by atoms with E-state index in [0.717, 1.165) is 37.4 Å². The van der Waals surface area contributed by atoms with Gasteiger partial charge < -0.3 is 10.2 Å². The monoisotopic (exact) mass is 329 g/mol. The number of benzene rings is 1. The molecule has 2 amide bonds. The standard InChI is InChI=1S/C19H27N3O2/c23-18(15-21-11-4-2-1-3-5-12-21)20-16-8-6-9-17(14-16)22-13-7-10-19(22)24/h6,8-9,14H,1-5,7,10-13,15H2,(H,20,23). The minimum Gasteiger partial charge on any atom is -0.325 e. The van der Waals surface area contributed by atoms with E-state index in [-0.39, 0.29) is 11.8 Å².